The number of hydrogen-bond acceptors (Lipinski definition) is 3. The molecule has 3 nitrogen and oxygen atoms in total. The van der Waals surface area contributed by atoms with Crippen LogP contribution in [0, 0.1) is 6.92 Å². The Morgan fingerprint density at radius 2 is 2.12 bits per heavy atom. The van der Waals surface area contributed by atoms with Crippen LogP contribution in [0.25, 0.3) is 0 Å². The second-order valence-electron chi connectivity index (χ2n) is 3.97. The number of anilines is 1. The van der Waals surface area contributed by atoms with Crippen LogP contribution in [0.2, 0.25) is 5.02 Å². The van der Waals surface area contributed by atoms with Crippen LogP contribution in [0.5, 0.6) is 5.75 Å². The second kappa shape index (κ2) is 5.41. The number of ether oxygens (including phenoxy) is 1. The van der Waals surface area contributed by atoms with E-state index in [0.29, 0.717) is 6.54 Å². The fourth-order valence-electron chi connectivity index (χ4n) is 1.48. The van der Waals surface area contributed by atoms with Gasteiger partial charge in [-0.05, 0) is 25.5 Å². The molecule has 1 unspecified atom stereocenters. The number of methoxy groups -OCH3 is 1. The summed E-state index contributed by atoms with van der Waals surface area (Å²) in [5.41, 5.74) is 7.71. The molecular formula is C12H19ClN2O. The van der Waals surface area contributed by atoms with E-state index in [4.69, 9.17) is 22.1 Å². The van der Waals surface area contributed by atoms with E-state index in [0.717, 1.165) is 22.0 Å². The van der Waals surface area contributed by atoms with Gasteiger partial charge in [-0.25, -0.2) is 0 Å². The Morgan fingerprint density at radius 1 is 1.50 bits per heavy atom. The lowest BCUT2D eigenvalue weighted by Crippen LogP contribution is -2.35. The molecule has 1 atom stereocenters. The molecule has 1 rings (SSSR count). The van der Waals surface area contributed by atoms with Crippen molar-refractivity contribution in [1.82, 2.24) is 0 Å². The number of nitrogens with two attached hydrogens (primary N) is 1. The van der Waals surface area contributed by atoms with Gasteiger partial charge in [-0.3, -0.25) is 0 Å². The third kappa shape index (κ3) is 2.60. The molecule has 90 valence electrons. The Kier molecular flexibility index (Phi) is 4.44. The van der Waals surface area contributed by atoms with Crippen molar-refractivity contribution in [2.24, 2.45) is 5.73 Å². The highest BCUT2D eigenvalue weighted by atomic mass is 35.5. The molecule has 0 spiro atoms. The van der Waals surface area contributed by atoms with Crippen LogP contribution in [0.4, 0.5) is 5.69 Å². The van der Waals surface area contributed by atoms with Crippen molar-refractivity contribution in [3.8, 4) is 5.75 Å². The van der Waals surface area contributed by atoms with Crippen molar-refractivity contribution in [2.75, 3.05) is 25.6 Å². The van der Waals surface area contributed by atoms with Gasteiger partial charge in [-0.2, -0.15) is 0 Å². The average molecular weight is 243 g/mol. The largest absolute Gasteiger partial charge is 0.495 e. The van der Waals surface area contributed by atoms with Crippen LogP contribution in [0.3, 0.4) is 0 Å². The summed E-state index contributed by atoms with van der Waals surface area (Å²) in [6, 6.07) is 4.12. The quantitative estimate of drug-likeness (QED) is 0.882. The van der Waals surface area contributed by atoms with Crippen molar-refractivity contribution >= 4 is 17.3 Å². The lowest BCUT2D eigenvalue weighted by Gasteiger charge is -2.28. The van der Waals surface area contributed by atoms with Gasteiger partial charge in [0.1, 0.15) is 5.75 Å². The number of rotatable bonds is 4. The van der Waals surface area contributed by atoms with E-state index in [1.54, 1.807) is 7.11 Å². The average Bonchev–Trinajstić information content (AvgIpc) is 2.30. The Labute approximate surface area is 102 Å². The minimum absolute atomic E-state index is 0.259. The Hall–Kier alpha value is -0.930. The first-order valence-corrected chi connectivity index (χ1v) is 5.66. The summed E-state index contributed by atoms with van der Waals surface area (Å²) in [7, 11) is 3.65. The molecule has 16 heavy (non-hydrogen) atoms. The van der Waals surface area contributed by atoms with Gasteiger partial charge in [0, 0.05) is 30.7 Å². The molecule has 2 N–H and O–H groups in total. The minimum atomic E-state index is 0.259. The summed E-state index contributed by atoms with van der Waals surface area (Å²) in [5, 5.41) is 0.717. The van der Waals surface area contributed by atoms with E-state index in [1.165, 1.54) is 0 Å². The predicted molar refractivity (Wildman–Crippen MR) is 69.7 cm³/mol. The van der Waals surface area contributed by atoms with Crippen molar-refractivity contribution in [1.29, 1.82) is 0 Å². The van der Waals surface area contributed by atoms with Gasteiger partial charge in [0.05, 0.1) is 12.8 Å². The van der Waals surface area contributed by atoms with E-state index in [1.807, 2.05) is 26.1 Å². The molecular weight excluding hydrogens is 224 g/mol. The molecule has 0 bridgehead atoms. The molecule has 0 aliphatic carbocycles. The van der Waals surface area contributed by atoms with Gasteiger partial charge in [0.2, 0.25) is 0 Å². The van der Waals surface area contributed by atoms with Crippen molar-refractivity contribution < 1.29 is 4.74 Å². The number of nitrogens with zero attached hydrogens (tertiary/aromatic N) is 1. The van der Waals surface area contributed by atoms with Crippen LogP contribution in [-0.2, 0) is 0 Å². The van der Waals surface area contributed by atoms with E-state index in [-0.39, 0.29) is 6.04 Å². The number of halogens is 1. The molecule has 0 saturated carbocycles. The molecule has 0 fully saturated rings. The highest BCUT2D eigenvalue weighted by Crippen LogP contribution is 2.33. The van der Waals surface area contributed by atoms with Crippen LogP contribution >= 0.6 is 11.6 Å². The molecule has 0 radical (unpaired) electrons. The summed E-state index contributed by atoms with van der Waals surface area (Å²) in [6.45, 7) is 4.65. The Morgan fingerprint density at radius 3 is 2.62 bits per heavy atom. The first-order chi connectivity index (χ1) is 7.51. The molecule has 0 aliphatic rings. The molecule has 0 amide bonds. The fraction of sp³-hybridized carbons (Fsp3) is 0.500. The fourth-order valence-corrected chi connectivity index (χ4v) is 1.64. The normalized spacial score (nSPS) is 12.4. The summed E-state index contributed by atoms with van der Waals surface area (Å²) >= 11 is 6.06. The van der Waals surface area contributed by atoms with Gasteiger partial charge >= 0.3 is 0 Å². The van der Waals surface area contributed by atoms with Crippen LogP contribution in [-0.4, -0.2) is 26.7 Å². The Bertz CT molecular complexity index is 368. The summed E-state index contributed by atoms with van der Waals surface area (Å²) in [5.74, 6) is 0.776. The smallest absolute Gasteiger partial charge is 0.143 e. The van der Waals surface area contributed by atoms with Gasteiger partial charge in [-0.1, -0.05) is 11.6 Å². The zero-order valence-electron chi connectivity index (χ0n) is 10.2. The highest BCUT2D eigenvalue weighted by Gasteiger charge is 2.14. The summed E-state index contributed by atoms with van der Waals surface area (Å²) < 4.78 is 5.33. The predicted octanol–water partition coefficient (Wildman–Crippen LogP) is 2.44. The summed E-state index contributed by atoms with van der Waals surface area (Å²) in [4.78, 5) is 2.10. The molecule has 1 aromatic carbocycles. The van der Waals surface area contributed by atoms with E-state index < -0.39 is 0 Å². The maximum Gasteiger partial charge on any atom is 0.143 e. The lowest BCUT2D eigenvalue weighted by atomic mass is 10.1. The van der Waals surface area contributed by atoms with Gasteiger partial charge in [0.15, 0.2) is 0 Å². The van der Waals surface area contributed by atoms with Gasteiger partial charge in [-0.15, -0.1) is 0 Å². The standard InChI is InChI=1S/C12H19ClN2O/c1-8-5-11(15(3)9(2)7-14)12(16-4)6-10(8)13/h5-6,9H,7,14H2,1-4H3. The first kappa shape index (κ1) is 13.1. The van der Waals surface area contributed by atoms with Crippen molar-refractivity contribution in [3.63, 3.8) is 0 Å². The molecule has 0 saturated heterocycles. The van der Waals surface area contributed by atoms with Crippen LogP contribution < -0.4 is 15.4 Å². The molecule has 0 aromatic heterocycles. The lowest BCUT2D eigenvalue weighted by molar-refractivity contribution is 0.413. The number of aryl methyl sites for hydroxylation is 1. The first-order valence-electron chi connectivity index (χ1n) is 5.28. The van der Waals surface area contributed by atoms with E-state index in [9.17, 15) is 0 Å². The van der Waals surface area contributed by atoms with Crippen LogP contribution in [0.1, 0.15) is 12.5 Å². The molecule has 1 aromatic rings. The highest BCUT2D eigenvalue weighted by molar-refractivity contribution is 6.31. The summed E-state index contributed by atoms with van der Waals surface area (Å²) in [6.07, 6.45) is 0. The van der Waals surface area contributed by atoms with Gasteiger partial charge < -0.3 is 15.4 Å². The van der Waals surface area contributed by atoms with E-state index in [2.05, 4.69) is 11.8 Å². The minimum Gasteiger partial charge on any atom is -0.495 e. The number of likely N-dealkylation sites (N-methyl/N-ethyl adjacent to an activating group) is 1. The zero-order valence-corrected chi connectivity index (χ0v) is 11.0. The maximum atomic E-state index is 6.06. The SMILES string of the molecule is COc1cc(Cl)c(C)cc1N(C)C(C)CN. The third-order valence-electron chi connectivity index (χ3n) is 2.84. The van der Waals surface area contributed by atoms with Crippen molar-refractivity contribution in [3.05, 3.63) is 22.7 Å². The maximum absolute atomic E-state index is 6.06. The second-order valence-corrected chi connectivity index (χ2v) is 4.38. The van der Waals surface area contributed by atoms with Gasteiger partial charge in [0.25, 0.3) is 0 Å². The number of benzene rings is 1. The Balaban J connectivity index is 3.16. The number of hydrogen-bond donors (Lipinski definition) is 1. The van der Waals surface area contributed by atoms with Crippen LogP contribution in [0.15, 0.2) is 12.1 Å². The topological polar surface area (TPSA) is 38.5 Å². The van der Waals surface area contributed by atoms with E-state index >= 15 is 0 Å². The zero-order chi connectivity index (χ0) is 12.3. The molecule has 4 heteroatoms. The monoisotopic (exact) mass is 242 g/mol. The molecule has 0 heterocycles. The molecule has 0 aliphatic heterocycles. The third-order valence-corrected chi connectivity index (χ3v) is 3.25. The van der Waals surface area contributed by atoms with Crippen molar-refractivity contribution in [2.45, 2.75) is 19.9 Å².